The van der Waals surface area contributed by atoms with Gasteiger partial charge in [0.05, 0.1) is 20.1 Å². The van der Waals surface area contributed by atoms with Gasteiger partial charge in [-0.15, -0.1) is 0 Å². The van der Waals surface area contributed by atoms with Gasteiger partial charge in [-0.05, 0) is 23.6 Å². The molecule has 2 aromatic rings. The highest BCUT2D eigenvalue weighted by atomic mass is 19.3. The number of aromatic amines is 1. The smallest absolute Gasteiger partial charge is 0.265 e. The van der Waals surface area contributed by atoms with E-state index < -0.39 is 12.5 Å². The van der Waals surface area contributed by atoms with Crippen LogP contribution in [0.2, 0.25) is 0 Å². The second kappa shape index (κ2) is 4.33. The summed E-state index contributed by atoms with van der Waals surface area (Å²) in [6.45, 7) is -0.647. The maximum absolute atomic E-state index is 13.1. The molecule has 0 spiro atoms. The minimum absolute atomic E-state index is 0.375. The monoisotopic (exact) mass is 240 g/mol. The summed E-state index contributed by atoms with van der Waals surface area (Å²) in [5.41, 5.74) is 6.27. The zero-order valence-electron chi connectivity index (χ0n) is 9.47. The van der Waals surface area contributed by atoms with Gasteiger partial charge in [0.25, 0.3) is 5.92 Å². The Morgan fingerprint density at radius 1 is 1.35 bits per heavy atom. The SMILES string of the molecule is COc1ccc2cc(CC(F)(F)CN)[nH]c2c1. The van der Waals surface area contributed by atoms with Gasteiger partial charge in [0, 0.05) is 17.3 Å². The standard InChI is InChI=1S/C12H14F2N2O/c1-17-10-3-2-8-4-9(16-11(8)5-10)6-12(13,14)7-15/h2-5,16H,6-7,15H2,1H3. The fourth-order valence-corrected chi connectivity index (χ4v) is 1.74. The normalized spacial score (nSPS) is 12.0. The topological polar surface area (TPSA) is 51.0 Å². The molecule has 17 heavy (non-hydrogen) atoms. The average molecular weight is 240 g/mol. The van der Waals surface area contributed by atoms with Gasteiger partial charge in [-0.25, -0.2) is 8.78 Å². The van der Waals surface area contributed by atoms with E-state index in [1.54, 1.807) is 25.3 Å². The summed E-state index contributed by atoms with van der Waals surface area (Å²) in [6, 6.07) is 7.10. The summed E-state index contributed by atoms with van der Waals surface area (Å²) in [4.78, 5) is 2.95. The molecule has 0 amide bonds. The molecule has 0 saturated heterocycles. The number of ether oxygens (including phenoxy) is 1. The maximum atomic E-state index is 13.1. The van der Waals surface area contributed by atoms with E-state index in [0.717, 1.165) is 10.9 Å². The molecule has 1 aromatic heterocycles. The molecule has 0 aliphatic carbocycles. The van der Waals surface area contributed by atoms with Gasteiger partial charge in [0.2, 0.25) is 0 Å². The molecular formula is C12H14F2N2O. The Morgan fingerprint density at radius 2 is 2.12 bits per heavy atom. The Labute approximate surface area is 97.6 Å². The Bertz CT molecular complexity index is 522. The molecule has 2 rings (SSSR count). The highest BCUT2D eigenvalue weighted by molar-refractivity contribution is 5.81. The molecule has 0 fully saturated rings. The largest absolute Gasteiger partial charge is 0.497 e. The van der Waals surface area contributed by atoms with Crippen LogP contribution in [0.1, 0.15) is 5.69 Å². The van der Waals surface area contributed by atoms with Crippen LogP contribution in [-0.4, -0.2) is 24.6 Å². The van der Waals surface area contributed by atoms with E-state index in [4.69, 9.17) is 10.5 Å². The summed E-state index contributed by atoms with van der Waals surface area (Å²) in [6.07, 6.45) is -0.375. The first-order valence-corrected chi connectivity index (χ1v) is 5.27. The number of nitrogens with one attached hydrogen (secondary N) is 1. The lowest BCUT2D eigenvalue weighted by Crippen LogP contribution is -2.30. The zero-order valence-corrected chi connectivity index (χ0v) is 9.47. The number of methoxy groups -OCH3 is 1. The minimum Gasteiger partial charge on any atom is -0.497 e. The predicted molar refractivity (Wildman–Crippen MR) is 62.6 cm³/mol. The van der Waals surface area contributed by atoms with Crippen molar-refractivity contribution in [2.75, 3.05) is 13.7 Å². The van der Waals surface area contributed by atoms with Gasteiger partial charge in [-0.2, -0.15) is 0 Å². The molecule has 5 heteroatoms. The number of rotatable bonds is 4. The lowest BCUT2D eigenvalue weighted by atomic mass is 10.2. The number of aromatic nitrogens is 1. The number of hydrogen-bond acceptors (Lipinski definition) is 2. The second-order valence-corrected chi connectivity index (χ2v) is 3.98. The van der Waals surface area contributed by atoms with Crippen molar-refractivity contribution in [2.24, 2.45) is 5.73 Å². The zero-order chi connectivity index (χ0) is 12.5. The second-order valence-electron chi connectivity index (χ2n) is 3.98. The number of benzene rings is 1. The van der Waals surface area contributed by atoms with Crippen molar-refractivity contribution in [3.8, 4) is 5.75 Å². The van der Waals surface area contributed by atoms with E-state index >= 15 is 0 Å². The van der Waals surface area contributed by atoms with E-state index in [0.29, 0.717) is 11.4 Å². The quantitative estimate of drug-likeness (QED) is 0.861. The molecule has 92 valence electrons. The third-order valence-corrected chi connectivity index (χ3v) is 2.63. The molecule has 1 aromatic carbocycles. The van der Waals surface area contributed by atoms with E-state index in [-0.39, 0.29) is 6.42 Å². The fraction of sp³-hybridized carbons (Fsp3) is 0.333. The Balaban J connectivity index is 2.31. The third-order valence-electron chi connectivity index (χ3n) is 2.63. The molecular weight excluding hydrogens is 226 g/mol. The van der Waals surface area contributed by atoms with Crippen LogP contribution in [0.4, 0.5) is 8.78 Å². The first-order chi connectivity index (χ1) is 8.04. The van der Waals surface area contributed by atoms with Crippen molar-refractivity contribution >= 4 is 10.9 Å². The molecule has 0 bridgehead atoms. The highest BCUT2D eigenvalue weighted by Gasteiger charge is 2.27. The van der Waals surface area contributed by atoms with E-state index in [9.17, 15) is 8.78 Å². The van der Waals surface area contributed by atoms with Crippen LogP contribution in [0.15, 0.2) is 24.3 Å². The number of fused-ring (bicyclic) bond motifs is 1. The molecule has 0 aliphatic heterocycles. The Kier molecular flexibility index (Phi) is 3.02. The molecule has 0 saturated carbocycles. The van der Waals surface area contributed by atoms with Crippen molar-refractivity contribution < 1.29 is 13.5 Å². The molecule has 0 atom stereocenters. The summed E-state index contributed by atoms with van der Waals surface area (Å²) < 4.78 is 31.4. The number of halogens is 2. The highest BCUT2D eigenvalue weighted by Crippen LogP contribution is 2.24. The van der Waals surface area contributed by atoms with Gasteiger partial charge in [-0.1, -0.05) is 0 Å². The molecule has 1 heterocycles. The summed E-state index contributed by atoms with van der Waals surface area (Å²) in [7, 11) is 1.56. The summed E-state index contributed by atoms with van der Waals surface area (Å²) >= 11 is 0. The van der Waals surface area contributed by atoms with Gasteiger partial charge in [0.15, 0.2) is 0 Å². The maximum Gasteiger partial charge on any atom is 0.265 e. The van der Waals surface area contributed by atoms with Crippen molar-refractivity contribution in [2.45, 2.75) is 12.3 Å². The number of hydrogen-bond donors (Lipinski definition) is 2. The van der Waals surface area contributed by atoms with Crippen LogP contribution in [0, 0.1) is 0 Å². The predicted octanol–water partition coefficient (Wildman–Crippen LogP) is 2.31. The van der Waals surface area contributed by atoms with Gasteiger partial charge < -0.3 is 15.5 Å². The lowest BCUT2D eigenvalue weighted by Gasteiger charge is -2.11. The van der Waals surface area contributed by atoms with E-state index in [1.807, 2.05) is 6.07 Å². The van der Waals surface area contributed by atoms with Gasteiger partial charge in [0.1, 0.15) is 5.75 Å². The van der Waals surface area contributed by atoms with Crippen LogP contribution < -0.4 is 10.5 Å². The van der Waals surface area contributed by atoms with Gasteiger partial charge in [-0.3, -0.25) is 0 Å². The van der Waals surface area contributed by atoms with Crippen LogP contribution in [0.3, 0.4) is 0 Å². The molecule has 0 unspecified atom stereocenters. The number of H-pyrrole nitrogens is 1. The van der Waals surface area contributed by atoms with Crippen molar-refractivity contribution in [1.29, 1.82) is 0 Å². The minimum atomic E-state index is -2.87. The third kappa shape index (κ3) is 2.55. The molecule has 3 N–H and O–H groups in total. The van der Waals surface area contributed by atoms with Crippen molar-refractivity contribution in [1.82, 2.24) is 4.98 Å². The fourth-order valence-electron chi connectivity index (χ4n) is 1.74. The van der Waals surface area contributed by atoms with E-state index in [2.05, 4.69) is 4.98 Å². The van der Waals surface area contributed by atoms with Crippen LogP contribution in [0.25, 0.3) is 10.9 Å². The Hall–Kier alpha value is -1.62. The van der Waals surface area contributed by atoms with Crippen LogP contribution in [0.5, 0.6) is 5.75 Å². The first-order valence-electron chi connectivity index (χ1n) is 5.27. The van der Waals surface area contributed by atoms with E-state index in [1.165, 1.54) is 0 Å². The lowest BCUT2D eigenvalue weighted by molar-refractivity contribution is 0.0107. The first kappa shape index (κ1) is 11.9. The molecule has 0 aliphatic rings. The number of nitrogens with two attached hydrogens (primary N) is 1. The van der Waals surface area contributed by atoms with Crippen LogP contribution in [-0.2, 0) is 6.42 Å². The average Bonchev–Trinajstić information content (AvgIpc) is 2.68. The molecule has 0 radical (unpaired) electrons. The van der Waals surface area contributed by atoms with Crippen molar-refractivity contribution in [3.63, 3.8) is 0 Å². The van der Waals surface area contributed by atoms with Gasteiger partial charge >= 0.3 is 0 Å². The number of alkyl halides is 2. The van der Waals surface area contributed by atoms with Crippen molar-refractivity contribution in [3.05, 3.63) is 30.0 Å². The molecule has 3 nitrogen and oxygen atoms in total. The summed E-state index contributed by atoms with van der Waals surface area (Å²) in [5, 5.41) is 0.883. The Morgan fingerprint density at radius 3 is 2.76 bits per heavy atom. The summed E-state index contributed by atoms with van der Waals surface area (Å²) in [5.74, 6) is -2.18. The van der Waals surface area contributed by atoms with Crippen LogP contribution >= 0.6 is 0 Å².